The molecule has 8 nitrogen and oxygen atoms in total. The maximum atomic E-state index is 16.9. The van der Waals surface area contributed by atoms with Gasteiger partial charge in [0.05, 0.1) is 12.3 Å². The summed E-state index contributed by atoms with van der Waals surface area (Å²) >= 11 is 2.28. The lowest BCUT2D eigenvalue weighted by Gasteiger charge is -2.44. The van der Waals surface area contributed by atoms with E-state index in [2.05, 4.69) is 106 Å². The number of amides is 1. The Balaban J connectivity index is 1.73. The van der Waals surface area contributed by atoms with Crippen LogP contribution in [-0.2, 0) is 13.6 Å². The van der Waals surface area contributed by atoms with Crippen LogP contribution in [-0.4, -0.2) is 66.1 Å². The first-order valence-electron chi connectivity index (χ1n) is 14.7. The van der Waals surface area contributed by atoms with E-state index in [-0.39, 0.29) is 22.6 Å². The first-order valence-corrected chi connectivity index (χ1v) is 22.1. The predicted octanol–water partition coefficient (Wildman–Crippen LogP) is 7.98. The molecule has 43 heavy (non-hydrogen) atoms. The van der Waals surface area contributed by atoms with Gasteiger partial charge >= 0.3 is 0 Å². The Kier molecular flexibility index (Phi) is 9.72. The van der Waals surface area contributed by atoms with Gasteiger partial charge in [-0.05, 0) is 60.5 Å². The van der Waals surface area contributed by atoms with E-state index in [0.29, 0.717) is 27.0 Å². The van der Waals surface area contributed by atoms with Gasteiger partial charge < -0.3 is 18.9 Å². The Labute approximate surface area is 270 Å². The zero-order chi connectivity index (χ0) is 32.0. The molecule has 0 saturated carbocycles. The molecule has 0 spiro atoms. The molecular weight excluding hydrogens is 694 g/mol. The van der Waals surface area contributed by atoms with E-state index in [9.17, 15) is 4.79 Å². The Morgan fingerprint density at radius 1 is 1.05 bits per heavy atom. The van der Waals surface area contributed by atoms with E-state index >= 15 is 4.39 Å². The summed E-state index contributed by atoms with van der Waals surface area (Å²) in [5, 5.41) is 7.17. The molecule has 0 unspecified atom stereocenters. The highest BCUT2D eigenvalue weighted by atomic mass is 127. The van der Waals surface area contributed by atoms with Crippen molar-refractivity contribution >= 4 is 56.5 Å². The molecule has 0 radical (unpaired) electrons. The molecule has 4 rings (SSSR count). The third-order valence-electron chi connectivity index (χ3n) is 9.44. The summed E-state index contributed by atoms with van der Waals surface area (Å²) in [5.74, 6) is 0.0398. The zero-order valence-electron chi connectivity index (χ0n) is 27.0. The highest BCUT2D eigenvalue weighted by Gasteiger charge is 2.60. The molecular formula is C31H46FIN4O4Si2. The summed E-state index contributed by atoms with van der Waals surface area (Å²) in [6, 6.07) is 12.5. The lowest BCUT2D eigenvalue weighted by atomic mass is 9.98. The number of anilines is 1. The molecule has 1 fully saturated rings. The number of carbonyl (C=O) groups is 1. The smallest absolute Gasteiger partial charge is 0.256 e. The highest BCUT2D eigenvalue weighted by Crippen LogP contribution is 2.49. The van der Waals surface area contributed by atoms with Crippen LogP contribution in [0.5, 0.6) is 0 Å². The van der Waals surface area contributed by atoms with Crippen molar-refractivity contribution in [1.82, 2.24) is 14.6 Å². The van der Waals surface area contributed by atoms with Gasteiger partial charge in [-0.1, -0.05) is 82.3 Å². The number of hydrogen-bond donors (Lipinski definition) is 1. The number of nitrogens with zero attached hydrogens (tertiary/aromatic N) is 3. The van der Waals surface area contributed by atoms with Gasteiger partial charge in [0.15, 0.2) is 28.6 Å². The summed E-state index contributed by atoms with van der Waals surface area (Å²) < 4.78 is 39.4. The summed E-state index contributed by atoms with van der Waals surface area (Å²) in [6.45, 7) is 21.9. The molecule has 3 aromatic rings. The van der Waals surface area contributed by atoms with Crippen molar-refractivity contribution in [2.45, 2.75) is 102 Å². The summed E-state index contributed by atoms with van der Waals surface area (Å²) in [5.41, 5.74) is 0.581. The van der Waals surface area contributed by atoms with Gasteiger partial charge in [0, 0.05) is 9.99 Å². The Morgan fingerprint density at radius 3 is 2.26 bits per heavy atom. The van der Waals surface area contributed by atoms with Crippen LogP contribution in [0.1, 0.15) is 63.7 Å². The molecule has 1 aromatic carbocycles. The SMILES string of the molecule is CC(C)(C)[Si](C)(C)OC[C@@]1(CI)O[C@@H](c2ccc3c(NC(=O)c4ccccc4)ncnn23)[C@H](F)[C@@H]1O[Si](C)(C)C(C)(C)C. The largest absolute Gasteiger partial charge is 0.414 e. The van der Waals surface area contributed by atoms with Crippen LogP contribution < -0.4 is 5.32 Å². The minimum Gasteiger partial charge on any atom is -0.414 e. The third kappa shape index (κ3) is 6.78. The van der Waals surface area contributed by atoms with Gasteiger partial charge in [0.2, 0.25) is 0 Å². The van der Waals surface area contributed by atoms with Gasteiger partial charge in [-0.15, -0.1) is 0 Å². The van der Waals surface area contributed by atoms with Gasteiger partial charge in [0.25, 0.3) is 5.91 Å². The van der Waals surface area contributed by atoms with Crippen LogP contribution in [0.15, 0.2) is 48.8 Å². The maximum Gasteiger partial charge on any atom is 0.256 e. The number of rotatable bonds is 9. The van der Waals surface area contributed by atoms with Crippen molar-refractivity contribution in [3.8, 4) is 0 Å². The second kappa shape index (κ2) is 12.2. The van der Waals surface area contributed by atoms with Crippen molar-refractivity contribution in [3.63, 3.8) is 0 Å². The lowest BCUT2D eigenvalue weighted by Crippen LogP contribution is -2.57. The molecule has 2 aromatic heterocycles. The average Bonchev–Trinajstić information content (AvgIpc) is 3.47. The predicted molar refractivity (Wildman–Crippen MR) is 183 cm³/mol. The molecule has 3 heterocycles. The number of halogens is 2. The van der Waals surface area contributed by atoms with Crippen LogP contribution in [0.2, 0.25) is 36.3 Å². The summed E-state index contributed by atoms with van der Waals surface area (Å²) in [6.07, 6.45) is -1.90. The summed E-state index contributed by atoms with van der Waals surface area (Å²) in [4.78, 5) is 17.2. The van der Waals surface area contributed by atoms with E-state index < -0.39 is 40.6 Å². The van der Waals surface area contributed by atoms with Crippen molar-refractivity contribution in [2.75, 3.05) is 16.4 Å². The van der Waals surface area contributed by atoms with E-state index in [1.807, 2.05) is 6.07 Å². The van der Waals surface area contributed by atoms with Crippen LogP contribution in [0.25, 0.3) is 5.52 Å². The number of ether oxygens (including phenoxy) is 1. The maximum absolute atomic E-state index is 16.9. The van der Waals surface area contributed by atoms with Crippen molar-refractivity contribution in [3.05, 3.63) is 60.0 Å². The summed E-state index contributed by atoms with van der Waals surface area (Å²) in [7, 11) is -4.59. The number of benzene rings is 1. The van der Waals surface area contributed by atoms with Crippen molar-refractivity contribution in [1.29, 1.82) is 0 Å². The number of alkyl halides is 2. The molecule has 1 saturated heterocycles. The Bertz CT molecular complexity index is 1440. The minimum absolute atomic E-state index is 0.0163. The highest BCUT2D eigenvalue weighted by molar-refractivity contribution is 14.1. The first kappa shape index (κ1) is 34.2. The molecule has 0 bridgehead atoms. The van der Waals surface area contributed by atoms with Gasteiger partial charge in [-0.25, -0.2) is 13.9 Å². The number of hydrogen-bond acceptors (Lipinski definition) is 6. The topological polar surface area (TPSA) is 87.0 Å². The fourth-order valence-corrected chi connectivity index (χ4v) is 7.75. The van der Waals surface area contributed by atoms with E-state index in [0.717, 1.165) is 0 Å². The first-order chi connectivity index (χ1) is 19.8. The van der Waals surface area contributed by atoms with Gasteiger partial charge in [-0.2, -0.15) is 5.10 Å². The minimum atomic E-state index is -2.40. The van der Waals surface area contributed by atoms with Crippen molar-refractivity contribution < 1.29 is 22.8 Å². The molecule has 1 aliphatic heterocycles. The second-order valence-corrected chi connectivity index (χ2v) is 24.8. The van der Waals surface area contributed by atoms with Crippen molar-refractivity contribution in [2.24, 2.45) is 0 Å². The second-order valence-electron chi connectivity index (χ2n) is 14.5. The van der Waals surface area contributed by atoms with E-state index in [1.165, 1.54) is 6.33 Å². The van der Waals surface area contributed by atoms with Gasteiger partial charge in [0.1, 0.15) is 29.7 Å². The third-order valence-corrected chi connectivity index (χ3v) is 19.7. The van der Waals surface area contributed by atoms with E-state index in [1.54, 1.807) is 40.9 Å². The quantitative estimate of drug-likeness (QED) is 0.136. The number of fused-ring (bicyclic) bond motifs is 1. The molecule has 0 aliphatic carbocycles. The lowest BCUT2D eigenvalue weighted by molar-refractivity contribution is -0.0887. The number of carbonyl (C=O) groups excluding carboxylic acids is 1. The number of aromatic nitrogens is 3. The Hall–Kier alpha value is -1.72. The fourth-order valence-electron chi connectivity index (χ4n) is 4.54. The standard InChI is InChI=1S/C31H46FIN4O4Si2/c1-29(2,3)42(7,8)39-19-31(18-33)26(41-43(9,10)30(4,5)6)24(32)25(40-31)22-16-17-23-27(34-20-35-37(22)23)36-28(38)21-14-12-11-13-15-21/h11-17,20,24-26H,18-19H2,1-10H3,(H,34,35,36,38)/t24-,25-,26-,31+/m0/s1. The molecule has 1 N–H and O–H groups in total. The molecule has 4 atom stereocenters. The van der Waals surface area contributed by atoms with Crippen LogP contribution in [0, 0.1) is 0 Å². The van der Waals surface area contributed by atoms with Crippen LogP contribution in [0.3, 0.4) is 0 Å². The normalized spacial score (nSPS) is 23.6. The average molecular weight is 741 g/mol. The van der Waals surface area contributed by atoms with E-state index in [4.69, 9.17) is 13.6 Å². The molecule has 236 valence electrons. The molecule has 12 heteroatoms. The Morgan fingerprint density at radius 2 is 1.67 bits per heavy atom. The monoisotopic (exact) mass is 740 g/mol. The van der Waals surface area contributed by atoms with Crippen LogP contribution in [0.4, 0.5) is 10.2 Å². The zero-order valence-corrected chi connectivity index (χ0v) is 31.2. The fraction of sp³-hybridized carbons (Fsp3) is 0.581. The van der Waals surface area contributed by atoms with Gasteiger partial charge in [-0.3, -0.25) is 4.79 Å². The van der Waals surface area contributed by atoms with Crippen LogP contribution >= 0.6 is 22.6 Å². The molecule has 1 amide bonds. The molecule has 1 aliphatic rings. The number of nitrogens with one attached hydrogen (secondary N) is 1.